The van der Waals surface area contributed by atoms with Gasteiger partial charge in [-0.15, -0.1) is 0 Å². The zero-order valence-electron chi connectivity index (χ0n) is 11.5. The maximum absolute atomic E-state index is 10.8. The zero-order valence-corrected chi connectivity index (χ0v) is 11.5. The first-order chi connectivity index (χ1) is 9.56. The molecule has 0 unspecified atom stereocenters. The second kappa shape index (κ2) is 6.18. The summed E-state index contributed by atoms with van der Waals surface area (Å²) in [7, 11) is 0. The lowest BCUT2D eigenvalue weighted by molar-refractivity contribution is 0.0696. The van der Waals surface area contributed by atoms with Crippen molar-refractivity contribution >= 4 is 5.97 Å². The van der Waals surface area contributed by atoms with Crippen molar-refractivity contribution in [1.82, 2.24) is 14.8 Å². The van der Waals surface area contributed by atoms with Crippen molar-refractivity contribution < 1.29 is 14.6 Å². The van der Waals surface area contributed by atoms with Crippen LogP contribution in [0.1, 0.15) is 28.4 Å². The molecule has 0 aliphatic heterocycles. The van der Waals surface area contributed by atoms with Crippen LogP contribution in [0.3, 0.4) is 0 Å². The van der Waals surface area contributed by atoms with Crippen molar-refractivity contribution in [2.45, 2.75) is 26.8 Å². The zero-order chi connectivity index (χ0) is 14.5. The van der Waals surface area contributed by atoms with Crippen LogP contribution in [-0.2, 0) is 6.54 Å². The Morgan fingerprint density at radius 3 is 2.85 bits per heavy atom. The van der Waals surface area contributed by atoms with Gasteiger partial charge in [0.25, 0.3) is 0 Å². The summed E-state index contributed by atoms with van der Waals surface area (Å²) >= 11 is 0. The summed E-state index contributed by atoms with van der Waals surface area (Å²) in [6, 6.07) is 6.48. The number of ether oxygens (including phenoxy) is 1. The molecule has 0 fully saturated rings. The van der Waals surface area contributed by atoms with Crippen LogP contribution in [0.5, 0.6) is 5.75 Å². The molecule has 1 aromatic carbocycles. The lowest BCUT2D eigenvalue weighted by Crippen LogP contribution is -2.07. The van der Waals surface area contributed by atoms with Crippen LogP contribution in [0, 0.1) is 13.8 Å². The molecule has 0 atom stereocenters. The highest BCUT2D eigenvalue weighted by Crippen LogP contribution is 2.13. The van der Waals surface area contributed by atoms with Gasteiger partial charge in [0.2, 0.25) is 0 Å². The highest BCUT2D eigenvalue weighted by Gasteiger charge is 2.04. The molecule has 0 amide bonds. The third-order valence-electron chi connectivity index (χ3n) is 2.83. The van der Waals surface area contributed by atoms with Gasteiger partial charge in [-0.2, -0.15) is 5.10 Å². The van der Waals surface area contributed by atoms with Crippen LogP contribution in [0.2, 0.25) is 0 Å². The third kappa shape index (κ3) is 3.57. The van der Waals surface area contributed by atoms with Crippen LogP contribution in [-0.4, -0.2) is 32.4 Å². The standard InChI is InChI=1S/C14H17N3O3/c1-10-15-11(2)17(16-10)7-4-8-20-13-6-3-5-12(9-13)14(18)19/h3,5-6,9H,4,7-8H2,1-2H3,(H,18,19). The fourth-order valence-electron chi connectivity index (χ4n) is 1.90. The van der Waals surface area contributed by atoms with Gasteiger partial charge in [-0.3, -0.25) is 0 Å². The first-order valence-corrected chi connectivity index (χ1v) is 6.40. The molecule has 106 valence electrons. The Morgan fingerprint density at radius 1 is 1.40 bits per heavy atom. The van der Waals surface area contributed by atoms with Gasteiger partial charge in [0.1, 0.15) is 17.4 Å². The molecule has 6 heteroatoms. The predicted octanol–water partition coefficient (Wildman–Crippen LogP) is 2.06. The number of benzene rings is 1. The minimum Gasteiger partial charge on any atom is -0.494 e. The largest absolute Gasteiger partial charge is 0.494 e. The van der Waals surface area contributed by atoms with Crippen molar-refractivity contribution in [3.8, 4) is 5.75 Å². The van der Waals surface area contributed by atoms with Crippen molar-refractivity contribution in [3.05, 3.63) is 41.5 Å². The number of carbonyl (C=O) groups is 1. The molecule has 1 heterocycles. The number of nitrogens with zero attached hydrogens (tertiary/aromatic N) is 3. The van der Waals surface area contributed by atoms with Gasteiger partial charge in [-0.25, -0.2) is 14.5 Å². The summed E-state index contributed by atoms with van der Waals surface area (Å²) in [4.78, 5) is 15.1. The minimum atomic E-state index is -0.954. The van der Waals surface area contributed by atoms with Gasteiger partial charge in [0, 0.05) is 13.0 Å². The first kappa shape index (κ1) is 14.0. The second-order valence-electron chi connectivity index (χ2n) is 4.46. The van der Waals surface area contributed by atoms with E-state index in [1.807, 2.05) is 18.5 Å². The summed E-state index contributed by atoms with van der Waals surface area (Å²) < 4.78 is 7.38. The molecule has 2 rings (SSSR count). The maximum Gasteiger partial charge on any atom is 0.335 e. The third-order valence-corrected chi connectivity index (χ3v) is 2.83. The van der Waals surface area contributed by atoms with E-state index in [-0.39, 0.29) is 5.56 Å². The number of carboxylic acid groups (broad SMARTS) is 1. The lowest BCUT2D eigenvalue weighted by atomic mass is 10.2. The minimum absolute atomic E-state index is 0.227. The van der Waals surface area contributed by atoms with Crippen LogP contribution in [0.25, 0.3) is 0 Å². The van der Waals surface area contributed by atoms with Gasteiger partial charge in [0.05, 0.1) is 12.2 Å². The number of hydrogen-bond acceptors (Lipinski definition) is 4. The molecular weight excluding hydrogens is 258 g/mol. The SMILES string of the molecule is Cc1nc(C)n(CCCOc2cccc(C(=O)O)c2)n1. The summed E-state index contributed by atoms with van der Waals surface area (Å²) in [5.74, 6) is 1.26. The number of aromatic carboxylic acids is 1. The summed E-state index contributed by atoms with van der Waals surface area (Å²) in [5, 5.41) is 13.2. The Labute approximate surface area is 117 Å². The van der Waals surface area contributed by atoms with E-state index in [9.17, 15) is 4.79 Å². The highest BCUT2D eigenvalue weighted by molar-refractivity contribution is 5.87. The molecule has 0 bridgehead atoms. The van der Waals surface area contributed by atoms with E-state index in [0.29, 0.717) is 12.4 Å². The molecular formula is C14H17N3O3. The molecule has 0 aliphatic carbocycles. The molecule has 0 saturated heterocycles. The Kier molecular flexibility index (Phi) is 4.34. The molecule has 1 aromatic heterocycles. The van der Waals surface area contributed by atoms with Crippen molar-refractivity contribution in [1.29, 1.82) is 0 Å². The van der Waals surface area contributed by atoms with E-state index in [1.54, 1.807) is 12.1 Å². The summed E-state index contributed by atoms with van der Waals surface area (Å²) in [6.45, 7) is 5.00. The van der Waals surface area contributed by atoms with E-state index >= 15 is 0 Å². The van der Waals surface area contributed by atoms with Crippen LogP contribution in [0.4, 0.5) is 0 Å². The van der Waals surface area contributed by atoms with Crippen molar-refractivity contribution in [3.63, 3.8) is 0 Å². The van der Waals surface area contributed by atoms with Gasteiger partial charge in [0.15, 0.2) is 0 Å². The van der Waals surface area contributed by atoms with Crippen LogP contribution < -0.4 is 4.74 Å². The fourth-order valence-corrected chi connectivity index (χ4v) is 1.90. The van der Waals surface area contributed by atoms with E-state index in [2.05, 4.69) is 10.1 Å². The van der Waals surface area contributed by atoms with E-state index < -0.39 is 5.97 Å². The smallest absolute Gasteiger partial charge is 0.335 e. The Hall–Kier alpha value is -2.37. The number of aromatic nitrogens is 3. The average molecular weight is 275 g/mol. The predicted molar refractivity (Wildman–Crippen MR) is 73.0 cm³/mol. The number of aryl methyl sites for hydroxylation is 3. The summed E-state index contributed by atoms with van der Waals surface area (Å²) in [5.41, 5.74) is 0.227. The fraction of sp³-hybridized carbons (Fsp3) is 0.357. The number of carboxylic acids is 1. The molecule has 0 radical (unpaired) electrons. The molecule has 0 spiro atoms. The molecule has 0 aliphatic rings. The van der Waals surface area contributed by atoms with E-state index in [0.717, 1.165) is 24.6 Å². The van der Waals surface area contributed by atoms with Gasteiger partial charge in [-0.05, 0) is 32.0 Å². The van der Waals surface area contributed by atoms with Gasteiger partial charge < -0.3 is 9.84 Å². The number of rotatable bonds is 6. The van der Waals surface area contributed by atoms with Crippen LogP contribution in [0.15, 0.2) is 24.3 Å². The van der Waals surface area contributed by atoms with Crippen molar-refractivity contribution in [2.75, 3.05) is 6.61 Å². The monoisotopic (exact) mass is 275 g/mol. The highest BCUT2D eigenvalue weighted by atomic mass is 16.5. The Morgan fingerprint density at radius 2 is 2.20 bits per heavy atom. The average Bonchev–Trinajstić information content (AvgIpc) is 2.73. The molecule has 0 saturated carbocycles. The van der Waals surface area contributed by atoms with E-state index in [1.165, 1.54) is 12.1 Å². The van der Waals surface area contributed by atoms with Crippen molar-refractivity contribution in [2.24, 2.45) is 0 Å². The normalized spacial score (nSPS) is 10.5. The van der Waals surface area contributed by atoms with Gasteiger partial charge in [-0.1, -0.05) is 6.07 Å². The molecule has 1 N–H and O–H groups in total. The molecule has 2 aromatic rings. The lowest BCUT2D eigenvalue weighted by Gasteiger charge is -2.07. The Bertz CT molecular complexity index is 607. The second-order valence-corrected chi connectivity index (χ2v) is 4.46. The molecule has 6 nitrogen and oxygen atoms in total. The summed E-state index contributed by atoms with van der Waals surface area (Å²) in [6.07, 6.45) is 0.779. The topological polar surface area (TPSA) is 77.2 Å². The van der Waals surface area contributed by atoms with E-state index in [4.69, 9.17) is 9.84 Å². The first-order valence-electron chi connectivity index (χ1n) is 6.40. The number of hydrogen-bond donors (Lipinski definition) is 1. The Balaban J connectivity index is 1.83. The molecule has 20 heavy (non-hydrogen) atoms. The quantitative estimate of drug-likeness (QED) is 0.816. The van der Waals surface area contributed by atoms with Gasteiger partial charge >= 0.3 is 5.97 Å². The van der Waals surface area contributed by atoms with Crippen LogP contribution >= 0.6 is 0 Å². The maximum atomic E-state index is 10.8.